The van der Waals surface area contributed by atoms with Crippen molar-refractivity contribution in [1.29, 1.82) is 0 Å². The van der Waals surface area contributed by atoms with E-state index in [0.717, 1.165) is 30.6 Å². The first-order chi connectivity index (χ1) is 10.4. The molecule has 22 heavy (non-hydrogen) atoms. The van der Waals surface area contributed by atoms with Crippen LogP contribution in [0.1, 0.15) is 51.5 Å². The molecule has 0 fully saturated rings. The Bertz CT molecular complexity index is 555. The van der Waals surface area contributed by atoms with Crippen molar-refractivity contribution in [3.8, 4) is 5.75 Å². The van der Waals surface area contributed by atoms with Crippen LogP contribution in [0.15, 0.2) is 23.1 Å². The molecule has 0 saturated heterocycles. The Balaban J connectivity index is 2.94. The second kappa shape index (κ2) is 9.12. The summed E-state index contributed by atoms with van der Waals surface area (Å²) >= 11 is 0. The number of aliphatic hydroxyl groups excluding tert-OH is 1. The van der Waals surface area contributed by atoms with Gasteiger partial charge in [-0.25, -0.2) is 13.1 Å². The summed E-state index contributed by atoms with van der Waals surface area (Å²) in [6.07, 6.45) is 3.24. The first kappa shape index (κ1) is 18.9. The van der Waals surface area contributed by atoms with Gasteiger partial charge in [0, 0.05) is 6.54 Å². The van der Waals surface area contributed by atoms with Gasteiger partial charge in [-0.1, -0.05) is 33.6 Å². The van der Waals surface area contributed by atoms with E-state index < -0.39 is 10.0 Å². The number of hydrogen-bond acceptors (Lipinski definition) is 4. The maximum absolute atomic E-state index is 12.1. The van der Waals surface area contributed by atoms with Gasteiger partial charge in [0.25, 0.3) is 0 Å². The topological polar surface area (TPSA) is 75.6 Å². The molecule has 0 unspecified atom stereocenters. The van der Waals surface area contributed by atoms with Crippen LogP contribution in [0, 0.1) is 0 Å². The fraction of sp³-hybridized carbons (Fsp3) is 0.625. The van der Waals surface area contributed by atoms with E-state index in [2.05, 4.69) is 11.6 Å². The van der Waals surface area contributed by atoms with Crippen molar-refractivity contribution < 1.29 is 18.3 Å². The van der Waals surface area contributed by atoms with Crippen LogP contribution in [0.3, 0.4) is 0 Å². The standard InChI is InChI=1S/C16H27NO4S/c1-4-5-6-11-21-16-8-7-14(12-15(16)13(2)3)22(19,20)17-9-10-18/h7-8,12-13,17-18H,4-6,9-11H2,1-3H3. The van der Waals surface area contributed by atoms with E-state index in [-0.39, 0.29) is 24.0 Å². The van der Waals surface area contributed by atoms with Crippen molar-refractivity contribution >= 4 is 10.0 Å². The van der Waals surface area contributed by atoms with E-state index in [4.69, 9.17) is 9.84 Å². The number of aliphatic hydroxyl groups is 1. The zero-order valence-electron chi connectivity index (χ0n) is 13.6. The Morgan fingerprint density at radius 1 is 1.27 bits per heavy atom. The van der Waals surface area contributed by atoms with Crippen molar-refractivity contribution in [2.75, 3.05) is 19.8 Å². The highest BCUT2D eigenvalue weighted by atomic mass is 32.2. The molecule has 6 heteroatoms. The maximum Gasteiger partial charge on any atom is 0.240 e. The number of rotatable bonds is 10. The minimum absolute atomic E-state index is 0.00855. The Labute approximate surface area is 133 Å². The van der Waals surface area contributed by atoms with Crippen LogP contribution in [-0.4, -0.2) is 33.3 Å². The summed E-state index contributed by atoms with van der Waals surface area (Å²) in [4.78, 5) is 0.200. The minimum atomic E-state index is -3.59. The number of sulfonamides is 1. The summed E-state index contributed by atoms with van der Waals surface area (Å²) in [5.41, 5.74) is 0.878. The lowest BCUT2D eigenvalue weighted by molar-refractivity contribution is 0.300. The van der Waals surface area contributed by atoms with E-state index in [1.807, 2.05) is 13.8 Å². The average molecular weight is 329 g/mol. The zero-order chi connectivity index (χ0) is 16.6. The van der Waals surface area contributed by atoms with E-state index in [1.165, 1.54) is 0 Å². The fourth-order valence-corrected chi connectivity index (χ4v) is 3.13. The van der Waals surface area contributed by atoms with Crippen LogP contribution < -0.4 is 9.46 Å². The van der Waals surface area contributed by atoms with Gasteiger partial charge in [0.15, 0.2) is 0 Å². The molecule has 0 amide bonds. The van der Waals surface area contributed by atoms with Gasteiger partial charge < -0.3 is 9.84 Å². The predicted molar refractivity (Wildman–Crippen MR) is 87.8 cm³/mol. The van der Waals surface area contributed by atoms with Gasteiger partial charge in [-0.15, -0.1) is 0 Å². The lowest BCUT2D eigenvalue weighted by Crippen LogP contribution is -2.26. The molecule has 1 aromatic carbocycles. The monoisotopic (exact) mass is 329 g/mol. The second-order valence-corrected chi connectivity index (χ2v) is 7.30. The molecule has 0 spiro atoms. The highest BCUT2D eigenvalue weighted by molar-refractivity contribution is 7.89. The summed E-state index contributed by atoms with van der Waals surface area (Å²) in [6, 6.07) is 4.91. The molecule has 5 nitrogen and oxygen atoms in total. The van der Waals surface area contributed by atoms with Gasteiger partial charge >= 0.3 is 0 Å². The maximum atomic E-state index is 12.1. The molecule has 0 heterocycles. The molecule has 0 atom stereocenters. The van der Waals surface area contributed by atoms with Gasteiger partial charge in [0.2, 0.25) is 10.0 Å². The molecule has 0 radical (unpaired) electrons. The number of hydrogen-bond donors (Lipinski definition) is 2. The van der Waals surface area contributed by atoms with Crippen molar-refractivity contribution in [2.45, 2.75) is 50.8 Å². The Morgan fingerprint density at radius 3 is 2.59 bits per heavy atom. The number of ether oxygens (including phenoxy) is 1. The molecule has 2 N–H and O–H groups in total. The third kappa shape index (κ3) is 5.59. The van der Waals surface area contributed by atoms with Crippen LogP contribution in [0.2, 0.25) is 0 Å². The third-order valence-electron chi connectivity index (χ3n) is 3.32. The Hall–Kier alpha value is -1.11. The minimum Gasteiger partial charge on any atom is -0.493 e. The van der Waals surface area contributed by atoms with Crippen molar-refractivity contribution in [1.82, 2.24) is 4.72 Å². The Morgan fingerprint density at radius 2 is 2.00 bits per heavy atom. The van der Waals surface area contributed by atoms with Gasteiger partial charge in [0.1, 0.15) is 5.75 Å². The normalized spacial score (nSPS) is 11.9. The largest absolute Gasteiger partial charge is 0.493 e. The lowest BCUT2D eigenvalue weighted by atomic mass is 10.0. The van der Waals surface area contributed by atoms with Crippen molar-refractivity contribution in [3.63, 3.8) is 0 Å². The molecule has 0 bridgehead atoms. The molecular weight excluding hydrogens is 302 g/mol. The number of nitrogens with one attached hydrogen (secondary N) is 1. The molecule has 0 aliphatic rings. The van der Waals surface area contributed by atoms with Crippen LogP contribution in [0.4, 0.5) is 0 Å². The summed E-state index contributed by atoms with van der Waals surface area (Å²) < 4.78 is 32.4. The van der Waals surface area contributed by atoms with E-state index >= 15 is 0 Å². The van der Waals surface area contributed by atoms with E-state index in [1.54, 1.807) is 18.2 Å². The smallest absolute Gasteiger partial charge is 0.240 e. The molecule has 0 aliphatic heterocycles. The number of benzene rings is 1. The molecule has 0 aromatic heterocycles. The molecule has 0 saturated carbocycles. The fourth-order valence-electron chi connectivity index (χ4n) is 2.07. The van der Waals surface area contributed by atoms with Gasteiger partial charge in [-0.05, 0) is 36.1 Å². The van der Waals surface area contributed by atoms with Gasteiger partial charge in [-0.2, -0.15) is 0 Å². The predicted octanol–water partition coefficient (Wildman–Crippen LogP) is 2.65. The molecule has 126 valence electrons. The first-order valence-corrected chi connectivity index (χ1v) is 9.28. The summed E-state index contributed by atoms with van der Waals surface area (Å²) in [5.74, 6) is 0.904. The molecular formula is C16H27NO4S. The highest BCUT2D eigenvalue weighted by Gasteiger charge is 2.17. The highest BCUT2D eigenvalue weighted by Crippen LogP contribution is 2.29. The van der Waals surface area contributed by atoms with Gasteiger partial charge in [0.05, 0.1) is 18.1 Å². The summed E-state index contributed by atoms with van der Waals surface area (Å²) in [7, 11) is -3.59. The first-order valence-electron chi connectivity index (χ1n) is 7.79. The SMILES string of the molecule is CCCCCOc1ccc(S(=O)(=O)NCCO)cc1C(C)C. The number of unbranched alkanes of at least 4 members (excludes halogenated alkanes) is 2. The van der Waals surface area contributed by atoms with E-state index in [9.17, 15) is 8.42 Å². The van der Waals surface area contributed by atoms with Crippen molar-refractivity contribution in [2.24, 2.45) is 0 Å². The Kier molecular flexibility index (Phi) is 7.85. The van der Waals surface area contributed by atoms with Crippen LogP contribution in [0.5, 0.6) is 5.75 Å². The van der Waals surface area contributed by atoms with Crippen LogP contribution in [-0.2, 0) is 10.0 Å². The van der Waals surface area contributed by atoms with Gasteiger partial charge in [-0.3, -0.25) is 0 Å². The quantitative estimate of drug-likeness (QED) is 0.647. The molecule has 1 aromatic rings. The lowest BCUT2D eigenvalue weighted by Gasteiger charge is -2.16. The van der Waals surface area contributed by atoms with Crippen LogP contribution >= 0.6 is 0 Å². The van der Waals surface area contributed by atoms with E-state index in [0.29, 0.717) is 6.61 Å². The van der Waals surface area contributed by atoms with Crippen molar-refractivity contribution in [3.05, 3.63) is 23.8 Å². The zero-order valence-corrected chi connectivity index (χ0v) is 14.4. The average Bonchev–Trinajstić information content (AvgIpc) is 2.49. The summed E-state index contributed by atoms with van der Waals surface area (Å²) in [5, 5.41) is 8.76. The second-order valence-electron chi connectivity index (χ2n) is 5.53. The third-order valence-corrected chi connectivity index (χ3v) is 4.78. The molecule has 0 aliphatic carbocycles. The molecule has 1 rings (SSSR count). The summed E-state index contributed by atoms with van der Waals surface area (Å²) in [6.45, 7) is 6.57. The van der Waals surface area contributed by atoms with Crippen LogP contribution in [0.25, 0.3) is 0 Å².